The maximum Gasteiger partial charge on any atom is 0.389 e. The molecule has 0 saturated heterocycles. The zero-order valence-electron chi connectivity index (χ0n) is 17.6. The van der Waals surface area contributed by atoms with Gasteiger partial charge in [0.05, 0.1) is 0 Å². The third-order valence-electron chi connectivity index (χ3n) is 6.03. The fourth-order valence-electron chi connectivity index (χ4n) is 4.38. The highest BCUT2D eigenvalue weighted by molar-refractivity contribution is 5.95. The van der Waals surface area contributed by atoms with Crippen LogP contribution < -0.4 is 9.47 Å². The number of halogens is 3. The molecule has 1 aliphatic heterocycles. The molecule has 7 heteroatoms. The van der Waals surface area contributed by atoms with Crippen LogP contribution in [-0.4, -0.2) is 17.9 Å². The van der Waals surface area contributed by atoms with Crippen molar-refractivity contribution in [2.24, 2.45) is 0 Å². The van der Waals surface area contributed by atoms with Gasteiger partial charge in [0.1, 0.15) is 5.60 Å². The smallest absolute Gasteiger partial charge is 0.389 e. The van der Waals surface area contributed by atoms with Crippen molar-refractivity contribution in [1.29, 1.82) is 0 Å². The quantitative estimate of drug-likeness (QED) is 0.395. The van der Waals surface area contributed by atoms with Crippen molar-refractivity contribution in [1.82, 2.24) is 0 Å². The number of carbonyl (C=O) groups is 1. The first-order valence-corrected chi connectivity index (χ1v) is 10.4. The van der Waals surface area contributed by atoms with Crippen LogP contribution in [-0.2, 0) is 15.1 Å². The fraction of sp³-hybridized carbons (Fsp3) is 0.458. The van der Waals surface area contributed by atoms with Crippen LogP contribution in [0.25, 0.3) is 10.8 Å². The Labute approximate surface area is 179 Å². The molecule has 4 nitrogen and oxygen atoms in total. The summed E-state index contributed by atoms with van der Waals surface area (Å²) in [6.45, 7) is 6.54. The average molecular weight is 434 g/mol. The largest absolute Gasteiger partial charge is 0.451 e. The van der Waals surface area contributed by atoms with E-state index >= 15 is 0 Å². The van der Waals surface area contributed by atoms with Crippen molar-refractivity contribution in [2.45, 2.75) is 69.9 Å². The Bertz CT molecular complexity index is 1040. The second kappa shape index (κ2) is 7.46. The monoisotopic (exact) mass is 434 g/mol. The second-order valence-corrected chi connectivity index (χ2v) is 8.63. The summed E-state index contributed by atoms with van der Waals surface area (Å²) in [5.74, 6) is -0.398. The lowest BCUT2D eigenvalue weighted by Crippen LogP contribution is -2.34. The summed E-state index contributed by atoms with van der Waals surface area (Å²) in [6.07, 6.45) is -2.44. The van der Waals surface area contributed by atoms with E-state index in [0.717, 1.165) is 31.1 Å². The molecule has 166 valence electrons. The number of alkyl halides is 3. The van der Waals surface area contributed by atoms with E-state index < -0.39 is 36.4 Å². The Morgan fingerprint density at radius 3 is 2.39 bits per heavy atom. The lowest BCUT2D eigenvalue weighted by Gasteiger charge is -2.32. The summed E-state index contributed by atoms with van der Waals surface area (Å²) in [5.41, 5.74) is -0.956. The number of benzene rings is 2. The van der Waals surface area contributed by atoms with Crippen LogP contribution in [0.4, 0.5) is 13.2 Å². The van der Waals surface area contributed by atoms with Gasteiger partial charge in [0.15, 0.2) is 11.5 Å². The summed E-state index contributed by atoms with van der Waals surface area (Å²) in [7, 11) is 0. The summed E-state index contributed by atoms with van der Waals surface area (Å²) in [5, 5.41) is 1.39. The second-order valence-electron chi connectivity index (χ2n) is 8.63. The molecule has 1 fully saturated rings. The third-order valence-corrected chi connectivity index (χ3v) is 6.03. The first-order valence-electron chi connectivity index (χ1n) is 10.4. The molecule has 1 heterocycles. The molecule has 0 radical (unpaired) electrons. The van der Waals surface area contributed by atoms with Crippen LogP contribution in [0, 0.1) is 0 Å². The first kappa shape index (κ1) is 21.5. The molecule has 1 saturated carbocycles. The number of hydrogen-bond acceptors (Lipinski definition) is 4. The van der Waals surface area contributed by atoms with Crippen LogP contribution in [0.2, 0.25) is 0 Å². The summed E-state index contributed by atoms with van der Waals surface area (Å²) >= 11 is 0. The van der Waals surface area contributed by atoms with E-state index in [1.54, 1.807) is 18.2 Å². The minimum atomic E-state index is -4.39. The van der Waals surface area contributed by atoms with Gasteiger partial charge in [0, 0.05) is 35.8 Å². The number of ether oxygens (including phenoxy) is 3. The molecule has 4 rings (SSSR count). The van der Waals surface area contributed by atoms with Crippen LogP contribution in [0.1, 0.15) is 57.9 Å². The molecular formula is C24H25F3O4. The lowest BCUT2D eigenvalue weighted by molar-refractivity contribution is -0.167. The Hall–Kier alpha value is -2.70. The highest BCUT2D eigenvalue weighted by atomic mass is 19.4. The normalized spacial score (nSPS) is 18.9. The molecule has 0 bridgehead atoms. The standard InChI is InChI=1S/C24H25F3O4/c1-15(2)21(28)31-22(3,12-13-24(25,26)27)18-14-19-20(17-9-5-4-8-16(17)18)30-23(29-19)10-6-7-11-23/h4-5,8-9,14H,1,6-7,10-13H2,2-3H3. The third kappa shape index (κ3) is 4.10. The van der Waals surface area contributed by atoms with Crippen molar-refractivity contribution in [3.63, 3.8) is 0 Å². The predicted octanol–water partition coefficient (Wildman–Crippen LogP) is 6.56. The number of carbonyl (C=O) groups excluding carboxylic acids is 1. The number of esters is 1. The Balaban J connectivity index is 1.84. The lowest BCUT2D eigenvalue weighted by atomic mass is 9.86. The predicted molar refractivity (Wildman–Crippen MR) is 110 cm³/mol. The highest BCUT2D eigenvalue weighted by Crippen LogP contribution is 2.52. The van der Waals surface area contributed by atoms with Crippen LogP contribution in [0.15, 0.2) is 42.5 Å². The number of hydrogen-bond donors (Lipinski definition) is 0. The molecule has 1 unspecified atom stereocenters. The molecule has 0 amide bonds. The Morgan fingerprint density at radius 2 is 1.77 bits per heavy atom. The summed E-state index contributed by atoms with van der Waals surface area (Å²) < 4.78 is 57.5. The zero-order chi connectivity index (χ0) is 22.4. The van der Waals surface area contributed by atoms with E-state index in [1.807, 2.05) is 12.1 Å². The minimum absolute atomic E-state index is 0.119. The van der Waals surface area contributed by atoms with Crippen LogP contribution >= 0.6 is 0 Å². The number of fused-ring (bicyclic) bond motifs is 3. The van der Waals surface area contributed by atoms with Gasteiger partial charge in [0.25, 0.3) is 5.79 Å². The van der Waals surface area contributed by atoms with Gasteiger partial charge in [-0.25, -0.2) is 4.79 Å². The maximum absolute atomic E-state index is 13.1. The molecular weight excluding hydrogens is 409 g/mol. The summed E-state index contributed by atoms with van der Waals surface area (Å²) in [6, 6.07) is 8.95. The molecule has 2 aliphatic rings. The van der Waals surface area contributed by atoms with Crippen molar-refractivity contribution in [2.75, 3.05) is 0 Å². The van der Waals surface area contributed by atoms with E-state index in [-0.39, 0.29) is 5.57 Å². The fourth-order valence-corrected chi connectivity index (χ4v) is 4.38. The van der Waals surface area contributed by atoms with Gasteiger partial charge in [0.2, 0.25) is 0 Å². The molecule has 1 atom stereocenters. The zero-order valence-corrected chi connectivity index (χ0v) is 17.6. The maximum atomic E-state index is 13.1. The minimum Gasteiger partial charge on any atom is -0.451 e. The van der Waals surface area contributed by atoms with Gasteiger partial charge in [-0.05, 0) is 44.6 Å². The Kier molecular flexibility index (Phi) is 5.18. The van der Waals surface area contributed by atoms with E-state index in [0.29, 0.717) is 22.4 Å². The van der Waals surface area contributed by atoms with Gasteiger partial charge >= 0.3 is 12.1 Å². The van der Waals surface area contributed by atoms with E-state index in [4.69, 9.17) is 14.2 Å². The van der Waals surface area contributed by atoms with Gasteiger partial charge in [-0.3, -0.25) is 0 Å². The van der Waals surface area contributed by atoms with E-state index in [1.165, 1.54) is 13.8 Å². The highest BCUT2D eigenvalue weighted by Gasteiger charge is 2.46. The molecule has 0 N–H and O–H groups in total. The summed E-state index contributed by atoms with van der Waals surface area (Å²) in [4.78, 5) is 12.4. The molecule has 1 aliphatic carbocycles. The van der Waals surface area contributed by atoms with Crippen molar-refractivity contribution in [3.8, 4) is 11.5 Å². The molecule has 0 aromatic heterocycles. The molecule has 1 spiro atoms. The van der Waals surface area contributed by atoms with Crippen molar-refractivity contribution in [3.05, 3.63) is 48.0 Å². The van der Waals surface area contributed by atoms with Crippen LogP contribution in [0.5, 0.6) is 11.5 Å². The van der Waals surface area contributed by atoms with Gasteiger partial charge < -0.3 is 14.2 Å². The SMILES string of the molecule is C=C(C)C(=O)OC(C)(CCC(F)(F)F)c1cc2c(c3ccccc13)OC1(CCCC1)O2. The van der Waals surface area contributed by atoms with E-state index in [2.05, 4.69) is 6.58 Å². The van der Waals surface area contributed by atoms with Crippen molar-refractivity contribution < 1.29 is 32.2 Å². The molecule has 2 aromatic rings. The van der Waals surface area contributed by atoms with Gasteiger partial charge in [-0.2, -0.15) is 13.2 Å². The van der Waals surface area contributed by atoms with Crippen LogP contribution in [0.3, 0.4) is 0 Å². The van der Waals surface area contributed by atoms with Gasteiger partial charge in [-0.1, -0.05) is 30.8 Å². The topological polar surface area (TPSA) is 44.8 Å². The van der Waals surface area contributed by atoms with Gasteiger partial charge in [-0.15, -0.1) is 0 Å². The molecule has 2 aromatic carbocycles. The van der Waals surface area contributed by atoms with E-state index in [9.17, 15) is 18.0 Å². The van der Waals surface area contributed by atoms with Crippen molar-refractivity contribution >= 4 is 16.7 Å². The first-order chi connectivity index (χ1) is 14.5. The Morgan fingerprint density at radius 1 is 1.13 bits per heavy atom. The molecule has 31 heavy (non-hydrogen) atoms. The number of rotatable bonds is 5. The average Bonchev–Trinajstić information content (AvgIpc) is 3.31.